The molecule has 0 spiro atoms. The number of methoxy groups -OCH3 is 1. The van der Waals surface area contributed by atoms with Gasteiger partial charge in [-0.2, -0.15) is 0 Å². The smallest absolute Gasteiger partial charge is 0.195 e. The summed E-state index contributed by atoms with van der Waals surface area (Å²) in [6.45, 7) is 9.29. The number of aliphatic imine (C=N–C) groups is 1. The number of ketones is 1. The Morgan fingerprint density at radius 1 is 1.28 bits per heavy atom. The van der Waals surface area contributed by atoms with Gasteiger partial charge in [-0.25, -0.2) is 0 Å². The Bertz CT molecular complexity index is 1130. The van der Waals surface area contributed by atoms with Crippen molar-refractivity contribution in [2.45, 2.75) is 51.7 Å². The van der Waals surface area contributed by atoms with Crippen molar-refractivity contribution in [2.24, 2.45) is 4.99 Å². The highest BCUT2D eigenvalue weighted by Gasteiger charge is 2.44. The minimum atomic E-state index is -0.348. The molecule has 2 aromatic rings. The van der Waals surface area contributed by atoms with Crippen LogP contribution in [0, 0.1) is 0 Å². The zero-order chi connectivity index (χ0) is 23.0. The fourth-order valence-corrected chi connectivity index (χ4v) is 4.74. The molecule has 6 nitrogen and oxygen atoms in total. The maximum Gasteiger partial charge on any atom is 0.195 e. The van der Waals surface area contributed by atoms with Crippen LogP contribution in [0.1, 0.15) is 55.7 Å². The Kier molecular flexibility index (Phi) is 6.10. The van der Waals surface area contributed by atoms with Crippen molar-refractivity contribution >= 4 is 22.9 Å². The molecule has 4 rings (SSSR count). The quantitative estimate of drug-likeness (QED) is 0.503. The fraction of sp³-hybridized carbons (Fsp3) is 0.462. The number of aromatic amines is 1. The van der Waals surface area contributed by atoms with Gasteiger partial charge in [0, 0.05) is 54.4 Å². The van der Waals surface area contributed by atoms with E-state index >= 15 is 0 Å². The molecular weight excluding hydrogens is 404 g/mol. The zero-order valence-electron chi connectivity index (χ0n) is 19.7. The lowest BCUT2D eigenvalue weighted by Gasteiger charge is -2.39. The molecule has 1 unspecified atom stereocenters. The minimum Gasteiger partial charge on any atom is -0.493 e. The lowest BCUT2D eigenvalue weighted by atomic mass is 9.67. The van der Waals surface area contributed by atoms with Crippen LogP contribution in [0.4, 0.5) is 0 Å². The monoisotopic (exact) mass is 436 g/mol. The molecule has 1 heterocycles. The van der Waals surface area contributed by atoms with Crippen molar-refractivity contribution in [2.75, 3.05) is 27.4 Å². The number of hydrogen-bond acceptors (Lipinski definition) is 5. The highest BCUT2D eigenvalue weighted by Crippen LogP contribution is 2.48. The van der Waals surface area contributed by atoms with Crippen molar-refractivity contribution in [3.05, 3.63) is 58.0 Å². The third kappa shape index (κ3) is 3.82. The molecule has 2 aliphatic carbocycles. The van der Waals surface area contributed by atoms with E-state index in [1.807, 2.05) is 44.3 Å². The molecule has 1 aromatic carbocycles. The van der Waals surface area contributed by atoms with E-state index in [1.54, 1.807) is 14.2 Å². The number of allylic oxidation sites excluding steroid dienone is 2. The summed E-state index contributed by atoms with van der Waals surface area (Å²) in [4.78, 5) is 21.4. The van der Waals surface area contributed by atoms with Crippen molar-refractivity contribution in [1.29, 1.82) is 0 Å². The number of benzene rings is 1. The fourth-order valence-electron chi connectivity index (χ4n) is 4.74. The van der Waals surface area contributed by atoms with E-state index in [0.29, 0.717) is 25.4 Å². The molecule has 0 aliphatic heterocycles. The first-order valence-corrected chi connectivity index (χ1v) is 11.1. The normalized spacial score (nSPS) is 20.2. The Hall–Kier alpha value is -2.70. The summed E-state index contributed by atoms with van der Waals surface area (Å²) in [5.74, 6) is 0.751. The average molecular weight is 437 g/mol. The maximum absolute atomic E-state index is 13.8. The van der Waals surface area contributed by atoms with E-state index in [0.717, 1.165) is 38.9 Å². The molecule has 32 heavy (non-hydrogen) atoms. The van der Waals surface area contributed by atoms with E-state index in [9.17, 15) is 4.79 Å². The van der Waals surface area contributed by atoms with Gasteiger partial charge in [0.15, 0.2) is 5.78 Å². The molecule has 0 fully saturated rings. The summed E-state index contributed by atoms with van der Waals surface area (Å²) in [5, 5.41) is 0.941. The second-order valence-corrected chi connectivity index (χ2v) is 9.18. The van der Waals surface area contributed by atoms with Crippen molar-refractivity contribution in [3.63, 3.8) is 0 Å². The lowest BCUT2D eigenvalue weighted by molar-refractivity contribution is -0.00848. The van der Waals surface area contributed by atoms with Gasteiger partial charge in [0.2, 0.25) is 0 Å². The van der Waals surface area contributed by atoms with Gasteiger partial charge in [-0.1, -0.05) is 26.0 Å². The van der Waals surface area contributed by atoms with Crippen LogP contribution in [0.2, 0.25) is 0 Å². The molecule has 1 aromatic heterocycles. The summed E-state index contributed by atoms with van der Waals surface area (Å²) >= 11 is 0. The summed E-state index contributed by atoms with van der Waals surface area (Å²) in [5.41, 5.74) is 5.12. The van der Waals surface area contributed by atoms with Gasteiger partial charge in [0.1, 0.15) is 11.9 Å². The first-order valence-electron chi connectivity index (χ1n) is 11.1. The first kappa shape index (κ1) is 22.5. The predicted molar refractivity (Wildman–Crippen MR) is 127 cm³/mol. The molecule has 0 radical (unpaired) electrons. The second-order valence-electron chi connectivity index (χ2n) is 9.18. The standard InChI is InChI=1S/C26H32N2O4/c1-15(2)32-22-12-18-19(13-21(22)31-10-9-30-6)26(3,4)25-23(24(18)29)17-8-7-16(14-27-5)11-20(17)28-25/h7-8,11-12,14-15,21,28H,9-10,13H2,1-6H3. The van der Waals surface area contributed by atoms with E-state index in [-0.39, 0.29) is 23.4 Å². The molecule has 1 N–H and O–H groups in total. The maximum atomic E-state index is 13.8. The van der Waals surface area contributed by atoms with Crippen LogP contribution in [0.15, 0.2) is 46.2 Å². The SMILES string of the molecule is CN=Cc1ccc2c3c([nH]c2c1)C(C)(C)C1=C(C=C(OC(C)C)C(OCCOC)C1)C3=O. The molecule has 0 bridgehead atoms. The molecule has 1 atom stereocenters. The van der Waals surface area contributed by atoms with Gasteiger partial charge in [-0.15, -0.1) is 0 Å². The molecule has 6 heteroatoms. The third-order valence-corrected chi connectivity index (χ3v) is 6.25. The Morgan fingerprint density at radius 2 is 2.06 bits per heavy atom. The Morgan fingerprint density at radius 3 is 2.75 bits per heavy atom. The largest absolute Gasteiger partial charge is 0.493 e. The van der Waals surface area contributed by atoms with Crippen molar-refractivity contribution in [1.82, 2.24) is 4.98 Å². The number of hydrogen-bond donors (Lipinski definition) is 1. The van der Waals surface area contributed by atoms with Crippen LogP contribution >= 0.6 is 0 Å². The Labute approximate surface area is 189 Å². The molecule has 170 valence electrons. The topological polar surface area (TPSA) is 72.9 Å². The minimum absolute atomic E-state index is 0.00840. The second kappa shape index (κ2) is 8.68. The van der Waals surface area contributed by atoms with E-state index < -0.39 is 0 Å². The van der Waals surface area contributed by atoms with Gasteiger partial charge in [-0.05, 0) is 37.1 Å². The van der Waals surface area contributed by atoms with E-state index in [2.05, 4.69) is 23.8 Å². The first-order chi connectivity index (χ1) is 15.3. The molecule has 2 aliphatic rings. The van der Waals surface area contributed by atoms with Crippen LogP contribution in [-0.2, 0) is 19.6 Å². The zero-order valence-corrected chi connectivity index (χ0v) is 19.7. The molecular formula is C26H32N2O4. The number of carbonyl (C=O) groups excluding carboxylic acids is 1. The number of nitrogens with zero attached hydrogens (tertiary/aromatic N) is 1. The summed E-state index contributed by atoms with van der Waals surface area (Å²) in [6.07, 6.45) is 4.08. The van der Waals surface area contributed by atoms with Gasteiger partial charge >= 0.3 is 0 Å². The van der Waals surface area contributed by atoms with Crippen LogP contribution in [0.5, 0.6) is 0 Å². The summed E-state index contributed by atoms with van der Waals surface area (Å²) in [6, 6.07) is 6.05. The van der Waals surface area contributed by atoms with Crippen LogP contribution < -0.4 is 0 Å². The number of ether oxygens (including phenoxy) is 3. The lowest BCUT2D eigenvalue weighted by Crippen LogP contribution is -2.37. The van der Waals surface area contributed by atoms with Gasteiger partial charge in [-0.3, -0.25) is 9.79 Å². The number of nitrogens with one attached hydrogen (secondary N) is 1. The summed E-state index contributed by atoms with van der Waals surface area (Å²) in [7, 11) is 3.41. The number of H-pyrrole nitrogens is 1. The van der Waals surface area contributed by atoms with Gasteiger partial charge in [0.05, 0.1) is 24.9 Å². The molecule has 0 amide bonds. The average Bonchev–Trinajstić information content (AvgIpc) is 3.13. The predicted octanol–water partition coefficient (Wildman–Crippen LogP) is 4.73. The number of carbonyl (C=O) groups is 1. The van der Waals surface area contributed by atoms with Crippen LogP contribution in [-0.4, -0.2) is 56.6 Å². The molecule has 0 saturated carbocycles. The van der Waals surface area contributed by atoms with Crippen LogP contribution in [0.3, 0.4) is 0 Å². The number of rotatable bonds is 7. The van der Waals surface area contributed by atoms with Crippen molar-refractivity contribution in [3.8, 4) is 0 Å². The number of Topliss-reactive ketones (excluding diaryl/α,β-unsaturated/α-hetero) is 1. The highest BCUT2D eigenvalue weighted by atomic mass is 16.6. The van der Waals surface area contributed by atoms with Gasteiger partial charge in [0.25, 0.3) is 0 Å². The van der Waals surface area contributed by atoms with E-state index in [1.165, 1.54) is 0 Å². The molecule has 0 saturated heterocycles. The summed E-state index contributed by atoms with van der Waals surface area (Å²) < 4.78 is 17.4. The van der Waals surface area contributed by atoms with Crippen LogP contribution in [0.25, 0.3) is 10.9 Å². The van der Waals surface area contributed by atoms with E-state index in [4.69, 9.17) is 14.2 Å². The van der Waals surface area contributed by atoms with Crippen molar-refractivity contribution < 1.29 is 19.0 Å². The number of fused-ring (bicyclic) bond motifs is 3. The Balaban J connectivity index is 1.81. The third-order valence-electron chi connectivity index (χ3n) is 6.25. The highest BCUT2D eigenvalue weighted by molar-refractivity contribution is 6.21. The van der Waals surface area contributed by atoms with Gasteiger partial charge < -0.3 is 19.2 Å². The number of aromatic nitrogens is 1.